The highest BCUT2D eigenvalue weighted by atomic mass is 19.1. The third-order valence-corrected chi connectivity index (χ3v) is 8.08. The lowest BCUT2D eigenvalue weighted by Gasteiger charge is -2.23. The summed E-state index contributed by atoms with van der Waals surface area (Å²) in [6, 6.07) is 37.7. The second kappa shape index (κ2) is 12.9. The van der Waals surface area contributed by atoms with E-state index in [1.165, 1.54) is 24.3 Å². The molecule has 3 heterocycles. The van der Waals surface area contributed by atoms with Crippen LogP contribution in [0.3, 0.4) is 0 Å². The number of anilines is 1. The minimum Gasteiger partial charge on any atom is -0.359 e. The summed E-state index contributed by atoms with van der Waals surface area (Å²) in [4.78, 5) is 12.1. The third-order valence-electron chi connectivity index (χ3n) is 8.08. The first kappa shape index (κ1) is 29.8. The molecular formula is C38H27F2N9. The molecule has 5 aromatic carbocycles. The average Bonchev–Trinajstić information content (AvgIpc) is 3.82. The van der Waals surface area contributed by atoms with E-state index in [1.54, 1.807) is 33.6 Å². The highest BCUT2D eigenvalue weighted by Crippen LogP contribution is 2.33. The molecule has 0 aliphatic heterocycles. The molecule has 0 saturated carbocycles. The molecule has 0 aliphatic carbocycles. The Morgan fingerprint density at radius 2 is 0.980 bits per heavy atom. The molecule has 0 unspecified atom stereocenters. The number of para-hydroxylation sites is 2. The molecule has 0 atom stereocenters. The topological polar surface area (TPSA) is 90.4 Å². The molecule has 0 saturated heterocycles. The Labute approximate surface area is 279 Å². The quantitative estimate of drug-likeness (QED) is 0.159. The van der Waals surface area contributed by atoms with Crippen molar-refractivity contribution >= 4 is 16.7 Å². The molecule has 0 aliphatic rings. The average molecular weight is 648 g/mol. The van der Waals surface area contributed by atoms with Crippen LogP contribution in [0, 0.1) is 11.6 Å². The second-order valence-corrected chi connectivity index (χ2v) is 11.4. The standard InChI is InChI=1S/C38H27F2N9/c39-28-15-11-26(12-16-28)37-38(27-13-17-29(40)18-14-27)42-36-21-34(19-20-35(36)41-37)47(22-30-24-48(45-43-30)32-7-3-1-4-8-32)23-31-25-49(46-44-31)33-9-5-2-6-10-33/h1-21,24-25H,22-23H2. The molecule has 3 aromatic heterocycles. The van der Waals surface area contributed by atoms with Crippen molar-refractivity contribution in [3.8, 4) is 33.9 Å². The summed E-state index contributed by atoms with van der Waals surface area (Å²) in [7, 11) is 0. The van der Waals surface area contributed by atoms with Crippen LogP contribution in [0.2, 0.25) is 0 Å². The predicted octanol–water partition coefficient (Wildman–Crippen LogP) is 7.61. The monoisotopic (exact) mass is 647 g/mol. The van der Waals surface area contributed by atoms with Crippen molar-refractivity contribution in [3.63, 3.8) is 0 Å². The predicted molar refractivity (Wildman–Crippen MR) is 183 cm³/mol. The lowest BCUT2D eigenvalue weighted by Crippen LogP contribution is -2.22. The fourth-order valence-corrected chi connectivity index (χ4v) is 5.64. The summed E-state index contributed by atoms with van der Waals surface area (Å²) in [5, 5.41) is 17.7. The van der Waals surface area contributed by atoms with Crippen molar-refractivity contribution in [2.45, 2.75) is 13.1 Å². The first-order valence-electron chi connectivity index (χ1n) is 15.6. The zero-order valence-corrected chi connectivity index (χ0v) is 26.0. The molecule has 49 heavy (non-hydrogen) atoms. The van der Waals surface area contributed by atoms with E-state index in [0.717, 1.165) is 28.5 Å². The van der Waals surface area contributed by atoms with Gasteiger partial charge in [-0.15, -0.1) is 10.2 Å². The number of nitrogens with zero attached hydrogens (tertiary/aromatic N) is 9. The number of aromatic nitrogens is 8. The smallest absolute Gasteiger partial charge is 0.123 e. The van der Waals surface area contributed by atoms with Crippen LogP contribution >= 0.6 is 0 Å². The molecule has 0 radical (unpaired) electrons. The summed E-state index contributed by atoms with van der Waals surface area (Å²) in [6.45, 7) is 0.838. The van der Waals surface area contributed by atoms with Crippen LogP contribution in [-0.4, -0.2) is 40.0 Å². The van der Waals surface area contributed by atoms with Crippen molar-refractivity contribution in [2.75, 3.05) is 4.90 Å². The number of hydrogen-bond donors (Lipinski definition) is 0. The minimum absolute atomic E-state index is 0.349. The van der Waals surface area contributed by atoms with Crippen LogP contribution in [0.5, 0.6) is 0 Å². The molecule has 0 amide bonds. The maximum absolute atomic E-state index is 13.9. The van der Waals surface area contributed by atoms with E-state index < -0.39 is 0 Å². The maximum atomic E-state index is 13.9. The lowest BCUT2D eigenvalue weighted by atomic mass is 10.0. The molecule has 11 heteroatoms. The van der Waals surface area contributed by atoms with Crippen LogP contribution in [0.1, 0.15) is 11.4 Å². The highest BCUT2D eigenvalue weighted by molar-refractivity contribution is 5.88. The zero-order chi connectivity index (χ0) is 33.2. The van der Waals surface area contributed by atoms with Crippen molar-refractivity contribution in [1.29, 1.82) is 0 Å². The number of halogens is 2. The maximum Gasteiger partial charge on any atom is 0.123 e. The van der Waals surface area contributed by atoms with Crippen molar-refractivity contribution in [1.82, 2.24) is 40.0 Å². The Kier molecular flexibility index (Phi) is 7.82. The van der Waals surface area contributed by atoms with E-state index in [0.29, 0.717) is 46.6 Å². The lowest BCUT2D eigenvalue weighted by molar-refractivity contribution is 0.627. The van der Waals surface area contributed by atoms with Gasteiger partial charge in [0.05, 0.1) is 59.3 Å². The SMILES string of the molecule is Fc1ccc(-c2nc3ccc(N(Cc4cn(-c5ccccc5)nn4)Cc4cn(-c5ccccc5)nn4)cc3nc2-c2ccc(F)cc2)cc1. The summed E-state index contributed by atoms with van der Waals surface area (Å²) >= 11 is 0. The summed E-state index contributed by atoms with van der Waals surface area (Å²) in [5.74, 6) is -0.703. The summed E-state index contributed by atoms with van der Waals surface area (Å²) < 4.78 is 31.2. The summed E-state index contributed by atoms with van der Waals surface area (Å²) in [5.41, 5.74) is 7.97. The van der Waals surface area contributed by atoms with Crippen LogP contribution < -0.4 is 4.90 Å². The Bertz CT molecular complexity index is 2280. The molecule has 0 bridgehead atoms. The zero-order valence-electron chi connectivity index (χ0n) is 26.0. The van der Waals surface area contributed by atoms with Crippen molar-refractivity contribution in [2.24, 2.45) is 0 Å². The molecule has 0 spiro atoms. The molecule has 238 valence electrons. The van der Waals surface area contributed by atoms with Gasteiger partial charge in [0, 0.05) is 16.8 Å². The van der Waals surface area contributed by atoms with E-state index >= 15 is 0 Å². The molecule has 8 rings (SSSR count). The van der Waals surface area contributed by atoms with Crippen LogP contribution in [0.4, 0.5) is 14.5 Å². The van der Waals surface area contributed by atoms with Gasteiger partial charge in [0.25, 0.3) is 0 Å². The van der Waals surface area contributed by atoms with E-state index in [2.05, 4.69) is 25.5 Å². The van der Waals surface area contributed by atoms with E-state index in [-0.39, 0.29) is 11.6 Å². The second-order valence-electron chi connectivity index (χ2n) is 11.4. The largest absolute Gasteiger partial charge is 0.359 e. The summed E-state index contributed by atoms with van der Waals surface area (Å²) in [6.07, 6.45) is 3.82. The Morgan fingerprint density at radius 3 is 1.47 bits per heavy atom. The van der Waals surface area contributed by atoms with Gasteiger partial charge in [0.2, 0.25) is 0 Å². The van der Waals surface area contributed by atoms with Crippen LogP contribution in [0.15, 0.2) is 140 Å². The number of fused-ring (bicyclic) bond motifs is 1. The van der Waals surface area contributed by atoms with Gasteiger partial charge < -0.3 is 4.90 Å². The van der Waals surface area contributed by atoms with Crippen molar-refractivity contribution in [3.05, 3.63) is 163 Å². The highest BCUT2D eigenvalue weighted by Gasteiger charge is 2.18. The Hall–Kier alpha value is -6.62. The van der Waals surface area contributed by atoms with E-state index in [4.69, 9.17) is 9.97 Å². The van der Waals surface area contributed by atoms with Gasteiger partial charge in [0.1, 0.15) is 23.0 Å². The third kappa shape index (κ3) is 6.37. The van der Waals surface area contributed by atoms with E-state index in [1.807, 2.05) is 91.3 Å². The first-order chi connectivity index (χ1) is 24.1. The molecule has 8 aromatic rings. The normalized spacial score (nSPS) is 11.2. The minimum atomic E-state index is -0.354. The van der Waals surface area contributed by atoms with Gasteiger partial charge in [-0.1, -0.05) is 46.8 Å². The molecular weight excluding hydrogens is 620 g/mol. The Morgan fingerprint density at radius 1 is 0.510 bits per heavy atom. The van der Waals surface area contributed by atoms with Crippen LogP contribution in [0.25, 0.3) is 44.9 Å². The molecule has 0 N–H and O–H groups in total. The van der Waals surface area contributed by atoms with Gasteiger partial charge in [-0.3, -0.25) is 0 Å². The van der Waals surface area contributed by atoms with Gasteiger partial charge in [-0.05, 0) is 91.0 Å². The van der Waals surface area contributed by atoms with Gasteiger partial charge in [-0.2, -0.15) is 0 Å². The first-order valence-corrected chi connectivity index (χ1v) is 15.6. The molecule has 9 nitrogen and oxygen atoms in total. The Balaban J connectivity index is 1.20. The van der Waals surface area contributed by atoms with E-state index in [9.17, 15) is 8.78 Å². The number of benzene rings is 5. The number of hydrogen-bond acceptors (Lipinski definition) is 7. The molecule has 0 fully saturated rings. The van der Waals surface area contributed by atoms with Gasteiger partial charge >= 0.3 is 0 Å². The number of rotatable bonds is 9. The fourth-order valence-electron chi connectivity index (χ4n) is 5.64. The fraction of sp³-hybridized carbons (Fsp3) is 0.0526. The van der Waals surface area contributed by atoms with Gasteiger partial charge in [-0.25, -0.2) is 28.1 Å². The van der Waals surface area contributed by atoms with Crippen LogP contribution in [-0.2, 0) is 13.1 Å². The van der Waals surface area contributed by atoms with Gasteiger partial charge in [0.15, 0.2) is 0 Å². The van der Waals surface area contributed by atoms with Crippen molar-refractivity contribution < 1.29 is 8.78 Å².